The Hall–Kier alpha value is -4.51. The summed E-state index contributed by atoms with van der Waals surface area (Å²) in [5, 5.41) is 21.1. The van der Waals surface area contributed by atoms with Gasteiger partial charge in [0.1, 0.15) is 6.23 Å². The summed E-state index contributed by atoms with van der Waals surface area (Å²) in [6.45, 7) is 9.08. The number of nitrogens with one attached hydrogen (secondary N) is 2. The number of unbranched alkanes of at least 4 members (excludes halogenated alkanes) is 2. The van der Waals surface area contributed by atoms with Gasteiger partial charge in [0.05, 0.1) is 11.3 Å². The summed E-state index contributed by atoms with van der Waals surface area (Å²) in [4.78, 5) is 54.8. The standard InChI is InChI=1S/C34H44N6O5/c1-5-7-17-38(18-8-6-2)34(45)29-19-23(3)40(37-29)30-14-13-27(36-31(42)15-16-35-24(4)41)21-28(30)33(44)39-22-26-12-10-9-11-25(26)20-32(39)43/h9-14,19,21,32,43H,5-8,15-18,20,22H2,1-4H3,(H,35,41)(H,36,42). The molecule has 0 bridgehead atoms. The van der Waals surface area contributed by atoms with Crippen LogP contribution in [-0.2, 0) is 22.6 Å². The molecular weight excluding hydrogens is 572 g/mol. The Kier molecular flexibility index (Phi) is 11.5. The van der Waals surface area contributed by atoms with Gasteiger partial charge in [-0.3, -0.25) is 19.2 Å². The molecule has 0 saturated heterocycles. The third kappa shape index (κ3) is 8.36. The minimum absolute atomic E-state index is 0.0581. The number of amides is 4. The van der Waals surface area contributed by atoms with Gasteiger partial charge in [-0.2, -0.15) is 5.10 Å². The first-order chi connectivity index (χ1) is 21.6. The number of benzene rings is 2. The highest BCUT2D eigenvalue weighted by molar-refractivity contribution is 6.01. The Morgan fingerprint density at radius 1 is 1.00 bits per heavy atom. The van der Waals surface area contributed by atoms with Gasteiger partial charge in [0.15, 0.2) is 5.69 Å². The molecule has 4 rings (SSSR count). The van der Waals surface area contributed by atoms with E-state index in [9.17, 15) is 24.3 Å². The Balaban J connectivity index is 1.69. The maximum Gasteiger partial charge on any atom is 0.274 e. The molecule has 1 atom stereocenters. The molecule has 2 heterocycles. The molecule has 11 nitrogen and oxygen atoms in total. The molecule has 4 amide bonds. The lowest BCUT2D eigenvalue weighted by Gasteiger charge is -2.34. The molecule has 11 heteroatoms. The molecule has 0 radical (unpaired) electrons. The van der Waals surface area contributed by atoms with Gasteiger partial charge in [0.25, 0.3) is 11.8 Å². The van der Waals surface area contributed by atoms with E-state index in [4.69, 9.17) is 0 Å². The number of aliphatic hydroxyl groups is 1. The molecule has 0 saturated carbocycles. The van der Waals surface area contributed by atoms with Crippen LogP contribution in [0.3, 0.4) is 0 Å². The van der Waals surface area contributed by atoms with E-state index in [0.717, 1.165) is 36.8 Å². The van der Waals surface area contributed by atoms with Crippen LogP contribution >= 0.6 is 0 Å². The number of carbonyl (C=O) groups excluding carboxylic acids is 4. The van der Waals surface area contributed by atoms with E-state index in [-0.39, 0.29) is 42.8 Å². The van der Waals surface area contributed by atoms with Gasteiger partial charge in [-0.1, -0.05) is 51.0 Å². The molecule has 3 aromatic rings. The summed E-state index contributed by atoms with van der Waals surface area (Å²) < 4.78 is 1.57. The van der Waals surface area contributed by atoms with Gasteiger partial charge < -0.3 is 25.5 Å². The van der Waals surface area contributed by atoms with Crippen LogP contribution in [0.15, 0.2) is 48.5 Å². The second-order valence-corrected chi connectivity index (χ2v) is 11.5. The Morgan fingerprint density at radius 3 is 2.36 bits per heavy atom. The van der Waals surface area contributed by atoms with Crippen molar-refractivity contribution in [1.82, 2.24) is 24.9 Å². The molecule has 1 aliphatic rings. The van der Waals surface area contributed by atoms with Crippen LogP contribution in [0.5, 0.6) is 0 Å². The van der Waals surface area contributed by atoms with Crippen molar-refractivity contribution >= 4 is 29.3 Å². The average molecular weight is 617 g/mol. The van der Waals surface area contributed by atoms with Crippen LogP contribution in [0.4, 0.5) is 5.69 Å². The van der Waals surface area contributed by atoms with E-state index in [1.54, 1.807) is 28.9 Å². The number of aromatic nitrogens is 2. The topological polar surface area (TPSA) is 137 Å². The summed E-state index contributed by atoms with van der Waals surface area (Å²) >= 11 is 0. The van der Waals surface area contributed by atoms with E-state index in [0.29, 0.717) is 42.3 Å². The molecule has 0 spiro atoms. The average Bonchev–Trinajstić information content (AvgIpc) is 3.41. The summed E-state index contributed by atoms with van der Waals surface area (Å²) in [6.07, 6.45) is 3.04. The van der Waals surface area contributed by atoms with Crippen molar-refractivity contribution in [3.05, 3.63) is 76.6 Å². The predicted octanol–water partition coefficient (Wildman–Crippen LogP) is 4.20. The Labute approximate surface area is 264 Å². The highest BCUT2D eigenvalue weighted by Gasteiger charge is 2.31. The number of aryl methyl sites for hydroxylation is 1. The first kappa shape index (κ1) is 33.4. The lowest BCUT2D eigenvalue weighted by molar-refractivity contribution is -0.119. The van der Waals surface area contributed by atoms with Gasteiger partial charge in [-0.15, -0.1) is 0 Å². The molecule has 0 fully saturated rings. The lowest BCUT2D eigenvalue weighted by Crippen LogP contribution is -2.44. The molecular formula is C34H44N6O5. The van der Waals surface area contributed by atoms with Gasteiger partial charge in [0, 0.05) is 57.3 Å². The predicted molar refractivity (Wildman–Crippen MR) is 172 cm³/mol. The fourth-order valence-electron chi connectivity index (χ4n) is 5.41. The van der Waals surface area contributed by atoms with Gasteiger partial charge in [-0.05, 0) is 55.2 Å². The monoisotopic (exact) mass is 616 g/mol. The number of carbonyl (C=O) groups is 4. The summed E-state index contributed by atoms with van der Waals surface area (Å²) in [7, 11) is 0. The van der Waals surface area contributed by atoms with E-state index in [1.165, 1.54) is 11.8 Å². The van der Waals surface area contributed by atoms with Crippen LogP contribution < -0.4 is 10.6 Å². The van der Waals surface area contributed by atoms with Crippen LogP contribution in [0.2, 0.25) is 0 Å². The SMILES string of the molecule is CCCCN(CCCC)C(=O)c1cc(C)n(-c2ccc(NC(=O)CCNC(C)=O)cc2C(=O)N2Cc3ccccc3CC2O)n1. The Bertz CT molecular complexity index is 1520. The highest BCUT2D eigenvalue weighted by Crippen LogP contribution is 2.28. The molecule has 1 aliphatic heterocycles. The smallest absolute Gasteiger partial charge is 0.274 e. The van der Waals surface area contributed by atoms with Crippen molar-refractivity contribution < 1.29 is 24.3 Å². The van der Waals surface area contributed by atoms with Gasteiger partial charge in [-0.25, -0.2) is 4.68 Å². The molecule has 1 aromatic heterocycles. The maximum atomic E-state index is 14.2. The van der Waals surface area contributed by atoms with Crippen molar-refractivity contribution in [3.63, 3.8) is 0 Å². The van der Waals surface area contributed by atoms with Gasteiger partial charge >= 0.3 is 0 Å². The molecule has 0 aliphatic carbocycles. The molecule has 2 aromatic carbocycles. The zero-order valence-electron chi connectivity index (χ0n) is 26.6. The number of fused-ring (bicyclic) bond motifs is 1. The largest absolute Gasteiger partial charge is 0.373 e. The summed E-state index contributed by atoms with van der Waals surface area (Å²) in [5.41, 5.74) is 3.90. The Morgan fingerprint density at radius 2 is 1.69 bits per heavy atom. The fourth-order valence-corrected chi connectivity index (χ4v) is 5.41. The number of hydrogen-bond acceptors (Lipinski definition) is 6. The van der Waals surface area contributed by atoms with Crippen LogP contribution in [0.25, 0.3) is 5.69 Å². The molecule has 3 N–H and O–H groups in total. The third-order valence-corrected chi connectivity index (χ3v) is 7.90. The molecule has 1 unspecified atom stereocenters. The van der Waals surface area contributed by atoms with Crippen LogP contribution in [-0.4, -0.2) is 74.2 Å². The number of anilines is 1. The van der Waals surface area contributed by atoms with Crippen molar-refractivity contribution in [2.24, 2.45) is 0 Å². The van der Waals surface area contributed by atoms with E-state index >= 15 is 0 Å². The lowest BCUT2D eigenvalue weighted by atomic mass is 9.97. The minimum atomic E-state index is -1.04. The third-order valence-electron chi connectivity index (χ3n) is 7.90. The zero-order valence-corrected chi connectivity index (χ0v) is 26.6. The first-order valence-corrected chi connectivity index (χ1v) is 15.7. The van der Waals surface area contributed by atoms with Crippen LogP contribution in [0.1, 0.15) is 90.5 Å². The van der Waals surface area contributed by atoms with E-state index in [1.807, 2.05) is 36.1 Å². The van der Waals surface area contributed by atoms with Crippen molar-refractivity contribution in [2.45, 2.75) is 79.0 Å². The van der Waals surface area contributed by atoms with E-state index < -0.39 is 12.1 Å². The van der Waals surface area contributed by atoms with Gasteiger partial charge in [0.2, 0.25) is 11.8 Å². The number of hydrogen-bond donors (Lipinski definition) is 3. The zero-order chi connectivity index (χ0) is 32.5. The summed E-state index contributed by atoms with van der Waals surface area (Å²) in [6, 6.07) is 14.3. The molecule has 240 valence electrons. The number of nitrogens with zero attached hydrogens (tertiary/aromatic N) is 4. The quantitative estimate of drug-likeness (QED) is 0.263. The second-order valence-electron chi connectivity index (χ2n) is 11.5. The van der Waals surface area contributed by atoms with E-state index in [2.05, 4.69) is 29.6 Å². The number of rotatable bonds is 13. The van der Waals surface area contributed by atoms with Crippen molar-refractivity contribution in [1.29, 1.82) is 0 Å². The normalized spacial score (nSPS) is 14.1. The maximum absolute atomic E-state index is 14.2. The first-order valence-electron chi connectivity index (χ1n) is 15.7. The minimum Gasteiger partial charge on any atom is -0.373 e. The van der Waals surface area contributed by atoms with Crippen molar-refractivity contribution in [2.75, 3.05) is 25.0 Å². The second kappa shape index (κ2) is 15.5. The fraction of sp³-hybridized carbons (Fsp3) is 0.441. The number of aliphatic hydroxyl groups excluding tert-OH is 1. The van der Waals surface area contributed by atoms with Crippen molar-refractivity contribution in [3.8, 4) is 5.69 Å². The highest BCUT2D eigenvalue weighted by atomic mass is 16.3. The summed E-state index contributed by atoms with van der Waals surface area (Å²) in [5.74, 6) is -1.15. The van der Waals surface area contributed by atoms with Crippen LogP contribution in [0, 0.1) is 6.92 Å². The molecule has 45 heavy (non-hydrogen) atoms.